The molecule has 9 nitrogen and oxygen atoms in total. The summed E-state index contributed by atoms with van der Waals surface area (Å²) in [6.45, 7) is 44.6. The van der Waals surface area contributed by atoms with E-state index in [4.69, 9.17) is 28.4 Å². The van der Waals surface area contributed by atoms with Crippen LogP contribution in [0.3, 0.4) is 0 Å². The van der Waals surface area contributed by atoms with Gasteiger partial charge in [-0.05, 0) is 153 Å². The van der Waals surface area contributed by atoms with E-state index in [1.807, 2.05) is 0 Å². The van der Waals surface area contributed by atoms with Gasteiger partial charge in [0.2, 0.25) is 0 Å². The van der Waals surface area contributed by atoms with E-state index in [9.17, 15) is 14.4 Å². The molecule has 87 heavy (non-hydrogen) atoms. The number of hydrogen-bond acceptors (Lipinski definition) is 9. The summed E-state index contributed by atoms with van der Waals surface area (Å²) in [4.78, 5) is 39.4. The van der Waals surface area contributed by atoms with E-state index in [2.05, 4.69) is 197 Å². The van der Waals surface area contributed by atoms with Crippen LogP contribution in [0.4, 0.5) is 0 Å². The number of benzene rings is 6. The van der Waals surface area contributed by atoms with Gasteiger partial charge in [-0.2, -0.15) is 0 Å². The smallest absolute Gasteiger partial charge is 0.167 e. The molecule has 0 fully saturated rings. The van der Waals surface area contributed by atoms with E-state index in [0.717, 1.165) is 117 Å². The molecule has 0 heterocycles. The van der Waals surface area contributed by atoms with Gasteiger partial charge in [0, 0.05) is 38.5 Å². The topological polar surface area (TPSA) is 107 Å². The summed E-state index contributed by atoms with van der Waals surface area (Å²) < 4.78 is 40.5. The van der Waals surface area contributed by atoms with Crippen LogP contribution in [0.25, 0.3) is 0 Å². The normalized spacial score (nSPS) is 13.5. The highest BCUT2D eigenvalue weighted by Gasteiger charge is 2.31. The molecular weight excluding hydrogens is 1080 g/mol. The number of rotatable bonds is 12. The first kappa shape index (κ1) is 67.6. The summed E-state index contributed by atoms with van der Waals surface area (Å²) in [5.74, 6) is 3.93. The zero-order valence-electron chi connectivity index (χ0n) is 57.5. The fraction of sp³-hybridized carbons (Fsp3) is 0.500. The zero-order valence-corrected chi connectivity index (χ0v) is 57.5. The Morgan fingerprint density at radius 1 is 0.264 bits per heavy atom. The number of Topliss-reactive ketones (excluding diaryl/α,β-unsaturated/α-hetero) is 3. The summed E-state index contributed by atoms with van der Waals surface area (Å²) in [5.41, 5.74) is 16.5. The first-order valence-corrected chi connectivity index (χ1v) is 31.2. The number of fused-ring (bicyclic) bond motifs is 12. The van der Waals surface area contributed by atoms with Gasteiger partial charge in [0.15, 0.2) is 17.3 Å². The molecule has 9 heteroatoms. The molecule has 1 aliphatic carbocycles. The SMILES string of the molecule is COc1c2cc(C(C)(C)C)cc1Cc1cc(C(C)(C)C)cc(c1OCC(C)=O)Cc1cc(C(C)(C)C)cc(c1OC)Cc1cc(C(C)(C)C)cc(c1OCC(C)=O)Cc1cc(C(C)(C)C)cc(c1OC)Cc1cc(C(C)(C)C)cc(c1OCC(C)=O)C2. The Labute approximate surface area is 522 Å². The maximum Gasteiger partial charge on any atom is 0.167 e. The highest BCUT2D eigenvalue weighted by molar-refractivity contribution is 5.78. The molecule has 0 saturated carbocycles. The average molecular weight is 1180 g/mol. The van der Waals surface area contributed by atoms with E-state index in [1.165, 1.54) is 0 Å². The van der Waals surface area contributed by atoms with Crippen molar-refractivity contribution in [2.75, 3.05) is 41.2 Å². The second-order valence-electron chi connectivity index (χ2n) is 30.9. The molecule has 0 atom stereocenters. The summed E-state index contributed by atoms with van der Waals surface area (Å²) in [6.07, 6.45) is 2.57. The standard InChI is InChI=1S/C78H102O9/c1-46(79)43-85-70-55-25-49-31-61(73(4,5)6)33-51(67(49)82-22)27-57-39-65(77(16,17)18)41-59(71(57)86-44-47(2)80)29-53-35-63(75(10,11)12)36-54(69(53)84-24)30-60-42-66(78(19,20)21)40-58(72(60)87-45-48(3)81)28-52-34-62(74(7,8)9)32-50(68(52)83-23)26-56(70)38-64(37-55)76(13,14)15/h31-42H,25-30,43-45H2,1-24H3. The average Bonchev–Trinajstić information content (AvgIpc) is 1.36. The molecule has 0 aromatic heterocycles. The fourth-order valence-electron chi connectivity index (χ4n) is 11.8. The Kier molecular flexibility index (Phi) is 20.0. The monoisotopic (exact) mass is 1180 g/mol. The van der Waals surface area contributed by atoms with E-state index in [0.29, 0.717) is 55.8 Å². The van der Waals surface area contributed by atoms with Crippen LogP contribution in [0.1, 0.15) is 246 Å². The van der Waals surface area contributed by atoms with E-state index >= 15 is 0 Å². The molecule has 7 rings (SSSR count). The number of carbonyl (C=O) groups excluding carboxylic acids is 3. The summed E-state index contributed by atoms with van der Waals surface area (Å²) in [6, 6.07) is 27.2. The third kappa shape index (κ3) is 16.3. The number of ketones is 3. The van der Waals surface area contributed by atoms with Gasteiger partial charge in [-0.25, -0.2) is 0 Å². The lowest BCUT2D eigenvalue weighted by Gasteiger charge is -2.29. The van der Waals surface area contributed by atoms with Crippen molar-refractivity contribution in [3.05, 3.63) is 173 Å². The molecule has 0 amide bonds. The van der Waals surface area contributed by atoms with Crippen molar-refractivity contribution in [3.8, 4) is 34.5 Å². The Hall–Kier alpha value is -6.87. The van der Waals surface area contributed by atoms with Gasteiger partial charge in [0.05, 0.1) is 21.3 Å². The number of carbonyl (C=O) groups is 3. The van der Waals surface area contributed by atoms with Crippen LogP contribution >= 0.6 is 0 Å². The lowest BCUT2D eigenvalue weighted by Crippen LogP contribution is -2.18. The Bertz CT molecular complexity index is 3050. The number of ether oxygens (including phenoxy) is 6. The van der Waals surface area contributed by atoms with E-state index < -0.39 is 0 Å². The summed E-state index contributed by atoms with van der Waals surface area (Å²) in [5, 5.41) is 0. The summed E-state index contributed by atoms with van der Waals surface area (Å²) >= 11 is 0. The van der Waals surface area contributed by atoms with Gasteiger partial charge in [-0.3, -0.25) is 14.4 Å². The number of hydrogen-bond donors (Lipinski definition) is 0. The van der Waals surface area contributed by atoms with Crippen molar-refractivity contribution >= 4 is 17.3 Å². The molecule has 0 unspecified atom stereocenters. The minimum absolute atomic E-state index is 0.0877. The Morgan fingerprint density at radius 3 is 0.494 bits per heavy atom. The predicted octanol–water partition coefficient (Wildman–Crippen LogP) is 17.3. The van der Waals surface area contributed by atoms with Crippen LogP contribution in [0.2, 0.25) is 0 Å². The third-order valence-corrected chi connectivity index (χ3v) is 16.8. The first-order chi connectivity index (χ1) is 40.2. The molecule has 1 aliphatic rings. The van der Waals surface area contributed by atoms with Crippen molar-refractivity contribution in [3.63, 3.8) is 0 Å². The van der Waals surface area contributed by atoms with Crippen molar-refractivity contribution in [2.24, 2.45) is 0 Å². The molecular formula is C78H102O9. The minimum Gasteiger partial charge on any atom is -0.496 e. The van der Waals surface area contributed by atoms with Crippen molar-refractivity contribution in [1.29, 1.82) is 0 Å². The van der Waals surface area contributed by atoms with Crippen LogP contribution in [0, 0.1) is 0 Å². The quantitative estimate of drug-likeness (QED) is 0.118. The van der Waals surface area contributed by atoms with Gasteiger partial charge < -0.3 is 28.4 Å². The van der Waals surface area contributed by atoms with Gasteiger partial charge in [-0.15, -0.1) is 0 Å². The molecule has 0 aliphatic heterocycles. The van der Waals surface area contributed by atoms with Gasteiger partial charge in [0.25, 0.3) is 0 Å². The lowest BCUT2D eigenvalue weighted by atomic mass is 9.79. The molecule has 0 spiro atoms. The highest BCUT2D eigenvalue weighted by atomic mass is 16.5. The molecule has 12 bridgehead atoms. The zero-order chi connectivity index (χ0) is 64.7. The molecule has 468 valence electrons. The highest BCUT2D eigenvalue weighted by Crippen LogP contribution is 2.46. The van der Waals surface area contributed by atoms with Gasteiger partial charge in [-0.1, -0.05) is 197 Å². The molecule has 6 aromatic rings. The molecule has 6 aromatic carbocycles. The van der Waals surface area contributed by atoms with Crippen molar-refractivity contribution in [2.45, 2.75) is 216 Å². The van der Waals surface area contributed by atoms with Crippen LogP contribution in [0.5, 0.6) is 34.5 Å². The Balaban J connectivity index is 1.72. The van der Waals surface area contributed by atoms with Crippen LogP contribution in [-0.4, -0.2) is 58.5 Å². The first-order valence-electron chi connectivity index (χ1n) is 31.2. The maximum absolute atomic E-state index is 13.1. The van der Waals surface area contributed by atoms with Gasteiger partial charge >= 0.3 is 0 Å². The van der Waals surface area contributed by atoms with Crippen molar-refractivity contribution < 1.29 is 42.8 Å². The van der Waals surface area contributed by atoms with Crippen LogP contribution in [-0.2, 0) is 85.4 Å². The van der Waals surface area contributed by atoms with Crippen molar-refractivity contribution in [1.82, 2.24) is 0 Å². The number of methoxy groups -OCH3 is 3. The predicted molar refractivity (Wildman–Crippen MR) is 356 cm³/mol. The Morgan fingerprint density at radius 2 is 0.391 bits per heavy atom. The maximum atomic E-state index is 13.1. The fourth-order valence-corrected chi connectivity index (χ4v) is 11.8. The lowest BCUT2D eigenvalue weighted by molar-refractivity contribution is -0.119. The van der Waals surface area contributed by atoms with E-state index in [-0.39, 0.29) is 69.7 Å². The van der Waals surface area contributed by atoms with Gasteiger partial charge in [0.1, 0.15) is 54.3 Å². The molecule has 0 N–H and O–H groups in total. The molecule has 0 saturated heterocycles. The molecule has 0 radical (unpaired) electrons. The van der Waals surface area contributed by atoms with Crippen LogP contribution < -0.4 is 28.4 Å². The van der Waals surface area contributed by atoms with Crippen LogP contribution in [0.15, 0.2) is 72.8 Å². The third-order valence-electron chi connectivity index (χ3n) is 16.8. The second kappa shape index (κ2) is 25.7. The largest absolute Gasteiger partial charge is 0.496 e. The second-order valence-corrected chi connectivity index (χ2v) is 30.9. The summed E-state index contributed by atoms with van der Waals surface area (Å²) in [7, 11) is 5.25. The van der Waals surface area contributed by atoms with E-state index in [1.54, 1.807) is 42.1 Å². The minimum atomic E-state index is -0.285.